The molecule has 2 unspecified atom stereocenters. The van der Waals surface area contributed by atoms with Crippen molar-refractivity contribution in [2.45, 2.75) is 24.9 Å². The van der Waals surface area contributed by atoms with Crippen molar-refractivity contribution in [2.24, 2.45) is 0 Å². The van der Waals surface area contributed by atoms with Crippen LogP contribution in [0.25, 0.3) is 0 Å². The van der Waals surface area contributed by atoms with Crippen LogP contribution in [0.2, 0.25) is 0 Å². The quantitative estimate of drug-likeness (QED) is 0.438. The predicted octanol–water partition coefficient (Wildman–Crippen LogP) is 1.34. The van der Waals surface area contributed by atoms with Crippen LogP contribution in [0.4, 0.5) is 0 Å². The van der Waals surface area contributed by atoms with E-state index in [0.29, 0.717) is 11.3 Å². The van der Waals surface area contributed by atoms with Gasteiger partial charge in [-0.05, 0) is 24.6 Å². The number of benzene rings is 1. The lowest BCUT2D eigenvalue weighted by Gasteiger charge is -2.41. The molecule has 0 saturated carbocycles. The number of likely N-dealkylation sites (tertiary alicyclic amines) is 1. The van der Waals surface area contributed by atoms with Gasteiger partial charge in [-0.25, -0.2) is 0 Å². The van der Waals surface area contributed by atoms with Gasteiger partial charge in [0.1, 0.15) is 17.3 Å². The molecule has 128 valence electrons. The van der Waals surface area contributed by atoms with Crippen LogP contribution in [0.5, 0.6) is 5.75 Å². The number of ether oxygens (including phenoxy) is 1. The molecule has 2 atom stereocenters. The summed E-state index contributed by atoms with van der Waals surface area (Å²) in [4.78, 5) is 35.6. The Morgan fingerprint density at radius 3 is 2.62 bits per heavy atom. The van der Waals surface area contributed by atoms with Crippen LogP contribution in [-0.2, 0) is 14.4 Å². The Labute approximate surface area is 143 Å². The van der Waals surface area contributed by atoms with E-state index in [2.05, 4.69) is 5.32 Å². The maximum atomic E-state index is 12.0. The second kappa shape index (κ2) is 7.83. The molecule has 1 heterocycles. The number of nitrogens with one attached hydrogen (secondary N) is 1. The van der Waals surface area contributed by atoms with Gasteiger partial charge in [0.15, 0.2) is 6.61 Å². The van der Waals surface area contributed by atoms with Crippen LogP contribution in [-0.4, -0.2) is 45.9 Å². The Morgan fingerprint density at radius 1 is 1.38 bits per heavy atom. The van der Waals surface area contributed by atoms with Crippen molar-refractivity contribution >= 4 is 29.4 Å². The van der Waals surface area contributed by atoms with Gasteiger partial charge >= 0.3 is 5.97 Å². The van der Waals surface area contributed by atoms with Crippen molar-refractivity contribution in [3.8, 4) is 5.75 Å². The lowest BCUT2D eigenvalue weighted by atomic mass is 10.1. The van der Waals surface area contributed by atoms with Crippen molar-refractivity contribution in [1.82, 2.24) is 10.2 Å². The van der Waals surface area contributed by atoms with Crippen LogP contribution >= 0.6 is 11.6 Å². The van der Waals surface area contributed by atoms with Crippen LogP contribution in [0, 0.1) is 0 Å². The van der Waals surface area contributed by atoms with E-state index in [1.807, 2.05) is 6.07 Å². The number of rotatable bonds is 7. The highest BCUT2D eigenvalue weighted by Crippen LogP contribution is 2.25. The van der Waals surface area contributed by atoms with Gasteiger partial charge in [0.25, 0.3) is 11.8 Å². The van der Waals surface area contributed by atoms with Gasteiger partial charge in [-0.1, -0.05) is 29.8 Å². The first-order chi connectivity index (χ1) is 11.4. The molecule has 1 aliphatic rings. The maximum Gasteiger partial charge on any atom is 0.307 e. The second-order valence-electron chi connectivity index (χ2n) is 5.31. The highest BCUT2D eigenvalue weighted by Gasteiger charge is 2.46. The van der Waals surface area contributed by atoms with E-state index in [9.17, 15) is 14.4 Å². The van der Waals surface area contributed by atoms with Crippen molar-refractivity contribution in [3.63, 3.8) is 0 Å². The molecule has 0 radical (unpaired) electrons. The predicted molar refractivity (Wildman–Crippen MR) is 86.4 cm³/mol. The topological polar surface area (TPSA) is 95.9 Å². The standard InChI is InChI=1S/C16H17ClN2O5/c1-10(7-13(21)22)8-19-15(17)14(16(19)23)18-12(20)9-24-11-5-3-2-4-6-11/h2-6,8,14-15H,7,9H2,1H3,(H,18,20)(H,21,22). The van der Waals surface area contributed by atoms with Crippen molar-refractivity contribution < 1.29 is 24.2 Å². The fraction of sp³-hybridized carbons (Fsp3) is 0.312. The summed E-state index contributed by atoms with van der Waals surface area (Å²) in [6.45, 7) is 1.36. The number of nitrogens with zero attached hydrogens (tertiary/aromatic N) is 1. The van der Waals surface area contributed by atoms with E-state index < -0.39 is 29.3 Å². The third-order valence-corrected chi connectivity index (χ3v) is 3.74. The number of para-hydroxylation sites is 1. The molecule has 1 aromatic carbocycles. The monoisotopic (exact) mass is 352 g/mol. The van der Waals surface area contributed by atoms with E-state index in [4.69, 9.17) is 21.4 Å². The van der Waals surface area contributed by atoms with Crippen molar-refractivity contribution in [1.29, 1.82) is 0 Å². The molecule has 1 saturated heterocycles. The first-order valence-corrected chi connectivity index (χ1v) is 7.64. The number of hydrogen-bond donors (Lipinski definition) is 2. The molecule has 0 aliphatic carbocycles. The van der Waals surface area contributed by atoms with Crippen LogP contribution < -0.4 is 10.1 Å². The van der Waals surface area contributed by atoms with Gasteiger partial charge in [0.2, 0.25) is 0 Å². The lowest BCUT2D eigenvalue weighted by molar-refractivity contribution is -0.145. The zero-order chi connectivity index (χ0) is 17.7. The molecular formula is C16H17ClN2O5. The van der Waals surface area contributed by atoms with Gasteiger partial charge in [-0.3, -0.25) is 19.3 Å². The number of β-lactam (4-membered cyclic amide) rings is 1. The molecule has 0 aromatic heterocycles. The number of carboxylic acid groups (broad SMARTS) is 1. The summed E-state index contributed by atoms with van der Waals surface area (Å²) in [5, 5.41) is 11.2. The summed E-state index contributed by atoms with van der Waals surface area (Å²) in [6, 6.07) is 7.95. The summed E-state index contributed by atoms with van der Waals surface area (Å²) >= 11 is 6.08. The van der Waals surface area contributed by atoms with Gasteiger partial charge in [0, 0.05) is 6.20 Å². The van der Waals surface area contributed by atoms with Crippen LogP contribution in [0.15, 0.2) is 42.1 Å². The Hall–Kier alpha value is -2.54. The molecule has 1 fully saturated rings. The molecular weight excluding hydrogens is 336 g/mol. The van der Waals surface area contributed by atoms with Gasteiger partial charge < -0.3 is 15.2 Å². The van der Waals surface area contributed by atoms with Gasteiger partial charge in [0.05, 0.1) is 6.42 Å². The average molecular weight is 353 g/mol. The summed E-state index contributed by atoms with van der Waals surface area (Å²) in [6.07, 6.45) is 1.20. The van der Waals surface area contributed by atoms with E-state index in [-0.39, 0.29) is 13.0 Å². The minimum absolute atomic E-state index is 0.185. The van der Waals surface area contributed by atoms with Gasteiger partial charge in [-0.2, -0.15) is 0 Å². The van der Waals surface area contributed by atoms with Crippen molar-refractivity contribution in [3.05, 3.63) is 42.1 Å². The highest BCUT2D eigenvalue weighted by atomic mass is 35.5. The number of halogens is 1. The number of carbonyl (C=O) groups excluding carboxylic acids is 2. The number of hydrogen-bond acceptors (Lipinski definition) is 4. The second-order valence-corrected chi connectivity index (χ2v) is 5.76. The number of amides is 2. The molecule has 24 heavy (non-hydrogen) atoms. The molecule has 2 N–H and O–H groups in total. The third-order valence-electron chi connectivity index (χ3n) is 3.28. The molecule has 1 aromatic rings. The van der Waals surface area contributed by atoms with E-state index in [1.54, 1.807) is 31.2 Å². The van der Waals surface area contributed by atoms with E-state index >= 15 is 0 Å². The fourth-order valence-electron chi connectivity index (χ4n) is 2.15. The number of alkyl halides is 1. The van der Waals surface area contributed by atoms with E-state index in [1.165, 1.54) is 11.1 Å². The lowest BCUT2D eigenvalue weighted by Crippen LogP contribution is -2.67. The molecule has 1 aliphatic heterocycles. The molecule has 0 bridgehead atoms. The number of carboxylic acids is 1. The first kappa shape index (κ1) is 17.8. The summed E-state index contributed by atoms with van der Waals surface area (Å²) in [5.74, 6) is -1.31. The largest absolute Gasteiger partial charge is 0.484 e. The smallest absolute Gasteiger partial charge is 0.307 e. The number of carbonyl (C=O) groups is 3. The van der Waals surface area contributed by atoms with E-state index in [0.717, 1.165) is 0 Å². The maximum absolute atomic E-state index is 12.0. The summed E-state index contributed by atoms with van der Waals surface area (Å²) < 4.78 is 5.29. The molecule has 2 rings (SSSR count). The average Bonchev–Trinajstić information content (AvgIpc) is 2.55. The normalized spacial score (nSPS) is 20.3. The molecule has 2 amide bonds. The molecule has 0 spiro atoms. The Bertz CT molecular complexity index is 662. The summed E-state index contributed by atoms with van der Waals surface area (Å²) in [5.41, 5.74) is -0.277. The van der Waals surface area contributed by atoms with Crippen LogP contribution in [0.3, 0.4) is 0 Å². The Kier molecular flexibility index (Phi) is 5.81. The zero-order valence-corrected chi connectivity index (χ0v) is 13.7. The fourth-order valence-corrected chi connectivity index (χ4v) is 2.47. The zero-order valence-electron chi connectivity index (χ0n) is 12.9. The summed E-state index contributed by atoms with van der Waals surface area (Å²) in [7, 11) is 0. The van der Waals surface area contributed by atoms with Gasteiger partial charge in [-0.15, -0.1) is 0 Å². The Balaban J connectivity index is 1.83. The highest BCUT2D eigenvalue weighted by molar-refractivity contribution is 6.26. The number of aliphatic carboxylic acids is 1. The minimum Gasteiger partial charge on any atom is -0.484 e. The Morgan fingerprint density at radius 2 is 2.04 bits per heavy atom. The van der Waals surface area contributed by atoms with Crippen LogP contribution in [0.1, 0.15) is 13.3 Å². The molecule has 7 nitrogen and oxygen atoms in total. The minimum atomic E-state index is -0.995. The first-order valence-electron chi connectivity index (χ1n) is 7.21. The third kappa shape index (κ3) is 4.48. The van der Waals surface area contributed by atoms with Crippen molar-refractivity contribution in [2.75, 3.05) is 6.61 Å². The molecule has 8 heteroatoms. The SMILES string of the molecule is CC(=CN1C(=O)C(NC(=O)COc2ccccc2)C1Cl)CC(=O)O.